The fourth-order valence-corrected chi connectivity index (χ4v) is 3.95. The molecule has 2 aromatic heterocycles. The van der Waals surface area contributed by atoms with Gasteiger partial charge in [0.05, 0.1) is 39.0 Å². The molecule has 1 N–H and O–H groups in total. The molecule has 0 bridgehead atoms. The Balaban J connectivity index is 1.46. The van der Waals surface area contributed by atoms with Crippen molar-refractivity contribution < 1.29 is 14.3 Å². The van der Waals surface area contributed by atoms with Crippen molar-refractivity contribution in [3.05, 3.63) is 92.6 Å². The van der Waals surface area contributed by atoms with Gasteiger partial charge in [-0.2, -0.15) is 5.10 Å². The predicted molar refractivity (Wildman–Crippen MR) is 137 cm³/mol. The van der Waals surface area contributed by atoms with Gasteiger partial charge in [-0.1, -0.05) is 29.8 Å². The van der Waals surface area contributed by atoms with Crippen LogP contribution in [0.5, 0.6) is 0 Å². The van der Waals surface area contributed by atoms with E-state index in [1.165, 1.54) is 11.6 Å². The molecule has 186 valence electrons. The Morgan fingerprint density at radius 2 is 1.61 bits per heavy atom. The summed E-state index contributed by atoms with van der Waals surface area (Å²) in [5.41, 5.74) is 3.48. The number of hydrogen-bond acceptors (Lipinski definition) is 5. The molecule has 4 aromatic rings. The number of carbonyl (C=O) groups excluding carboxylic acids is 2. The van der Waals surface area contributed by atoms with Gasteiger partial charge >= 0.3 is 5.97 Å². The van der Waals surface area contributed by atoms with Gasteiger partial charge in [-0.25, -0.2) is 14.2 Å². The summed E-state index contributed by atoms with van der Waals surface area (Å²) in [6, 6.07) is 15.7. The molecule has 2 heterocycles. The molecular formula is C26H26ClN5O4. The third kappa shape index (κ3) is 4.57. The van der Waals surface area contributed by atoms with Crippen LogP contribution in [0.3, 0.4) is 0 Å². The average Bonchev–Trinajstić information content (AvgIpc) is 3.25. The third-order valence-corrected chi connectivity index (χ3v) is 6.55. The number of aryl methyl sites for hydroxylation is 1. The molecule has 1 amide bonds. The zero-order valence-corrected chi connectivity index (χ0v) is 21.3. The summed E-state index contributed by atoms with van der Waals surface area (Å²) < 4.78 is 10.2. The molecule has 0 saturated carbocycles. The number of nitrogens with one attached hydrogen (secondary N) is 1. The second-order valence-electron chi connectivity index (χ2n) is 8.42. The van der Waals surface area contributed by atoms with Crippen LogP contribution >= 0.6 is 11.6 Å². The van der Waals surface area contributed by atoms with E-state index >= 15 is 0 Å². The predicted octanol–water partition coefficient (Wildman–Crippen LogP) is 4.12. The summed E-state index contributed by atoms with van der Waals surface area (Å²) >= 11 is 6.22. The van der Waals surface area contributed by atoms with Crippen molar-refractivity contribution in [2.75, 3.05) is 5.32 Å². The Kier molecular flexibility index (Phi) is 6.85. The summed E-state index contributed by atoms with van der Waals surface area (Å²) in [5, 5.41) is 7.60. The van der Waals surface area contributed by atoms with E-state index in [0.29, 0.717) is 22.1 Å². The molecule has 2 aromatic carbocycles. The van der Waals surface area contributed by atoms with Gasteiger partial charge in [0.1, 0.15) is 5.69 Å². The minimum absolute atomic E-state index is 0.127. The number of rotatable bonds is 6. The van der Waals surface area contributed by atoms with Crippen molar-refractivity contribution in [1.82, 2.24) is 19.1 Å². The monoisotopic (exact) mass is 507 g/mol. The molecule has 0 aliphatic rings. The summed E-state index contributed by atoms with van der Waals surface area (Å²) in [6.45, 7) is 6.85. The van der Waals surface area contributed by atoms with E-state index in [1.54, 1.807) is 59.7 Å². The molecule has 0 radical (unpaired) electrons. The number of nitrogens with zero attached hydrogens (tertiary/aromatic N) is 4. The van der Waals surface area contributed by atoms with Crippen LogP contribution in [0.1, 0.15) is 34.4 Å². The standard InChI is InChI=1S/C26H26ClN5O4/c1-15-22(27)16(2)31(29-15)20-13-11-19(12-14-20)26(35)36-18(4)24(33)28-23-17(3)30(5)32(25(23)34)21-9-7-6-8-10-21/h6-14,18H,1-5H3,(H,28,33). The number of para-hydroxylation sites is 1. The second kappa shape index (κ2) is 9.87. The number of amides is 1. The van der Waals surface area contributed by atoms with Crippen molar-refractivity contribution in [2.24, 2.45) is 7.05 Å². The van der Waals surface area contributed by atoms with E-state index in [1.807, 2.05) is 32.0 Å². The highest BCUT2D eigenvalue weighted by molar-refractivity contribution is 6.31. The molecule has 10 heteroatoms. The van der Waals surface area contributed by atoms with Gasteiger partial charge in [-0.15, -0.1) is 0 Å². The SMILES string of the molecule is Cc1nn(-c2ccc(C(=O)OC(C)C(=O)Nc3c(C)n(C)n(-c4ccccc4)c3=O)cc2)c(C)c1Cl. The van der Waals surface area contributed by atoms with Crippen molar-refractivity contribution in [1.29, 1.82) is 0 Å². The van der Waals surface area contributed by atoms with Gasteiger partial charge in [0.25, 0.3) is 11.5 Å². The van der Waals surface area contributed by atoms with Gasteiger partial charge in [0, 0.05) is 7.05 Å². The summed E-state index contributed by atoms with van der Waals surface area (Å²) in [4.78, 5) is 38.4. The lowest BCUT2D eigenvalue weighted by Gasteiger charge is -2.13. The van der Waals surface area contributed by atoms with Crippen LogP contribution < -0.4 is 10.9 Å². The number of carbonyl (C=O) groups is 2. The van der Waals surface area contributed by atoms with E-state index < -0.39 is 18.0 Å². The molecule has 1 unspecified atom stereocenters. The van der Waals surface area contributed by atoms with Gasteiger partial charge < -0.3 is 10.1 Å². The number of hydrogen-bond donors (Lipinski definition) is 1. The Hall–Kier alpha value is -4.11. The fourth-order valence-electron chi connectivity index (χ4n) is 3.83. The Morgan fingerprint density at radius 3 is 2.19 bits per heavy atom. The lowest BCUT2D eigenvalue weighted by Crippen LogP contribution is -2.32. The molecule has 1 atom stereocenters. The summed E-state index contributed by atoms with van der Waals surface area (Å²) in [6.07, 6.45) is -1.13. The molecule has 36 heavy (non-hydrogen) atoms. The van der Waals surface area contributed by atoms with Crippen LogP contribution in [-0.2, 0) is 16.6 Å². The topological polar surface area (TPSA) is 100 Å². The Bertz CT molecular complexity index is 1500. The average molecular weight is 508 g/mol. The number of halogens is 1. The van der Waals surface area contributed by atoms with E-state index in [2.05, 4.69) is 10.4 Å². The van der Waals surface area contributed by atoms with Crippen LogP contribution in [0.4, 0.5) is 5.69 Å². The van der Waals surface area contributed by atoms with Gasteiger partial charge in [0.2, 0.25) is 0 Å². The molecule has 0 saturated heterocycles. The Labute approximate surface area is 212 Å². The quantitative estimate of drug-likeness (QED) is 0.396. The number of anilines is 1. The van der Waals surface area contributed by atoms with Gasteiger partial charge in [0.15, 0.2) is 6.10 Å². The lowest BCUT2D eigenvalue weighted by molar-refractivity contribution is -0.123. The maximum Gasteiger partial charge on any atom is 0.338 e. The maximum atomic E-state index is 13.0. The van der Waals surface area contributed by atoms with Crippen molar-refractivity contribution >= 4 is 29.2 Å². The van der Waals surface area contributed by atoms with Crippen molar-refractivity contribution in [3.63, 3.8) is 0 Å². The highest BCUT2D eigenvalue weighted by Gasteiger charge is 2.24. The van der Waals surface area contributed by atoms with Crippen LogP contribution in [0, 0.1) is 20.8 Å². The molecule has 0 fully saturated rings. The molecule has 4 rings (SSSR count). The van der Waals surface area contributed by atoms with Crippen molar-refractivity contribution in [3.8, 4) is 11.4 Å². The third-order valence-electron chi connectivity index (χ3n) is 6.01. The smallest absolute Gasteiger partial charge is 0.338 e. The van der Waals surface area contributed by atoms with Crippen molar-refractivity contribution in [2.45, 2.75) is 33.8 Å². The number of ether oxygens (including phenoxy) is 1. The minimum Gasteiger partial charge on any atom is -0.449 e. The lowest BCUT2D eigenvalue weighted by atomic mass is 10.2. The zero-order chi connectivity index (χ0) is 26.1. The first-order valence-corrected chi connectivity index (χ1v) is 11.7. The maximum absolute atomic E-state index is 13.0. The molecule has 0 aliphatic carbocycles. The molecular weight excluding hydrogens is 482 g/mol. The van der Waals surface area contributed by atoms with Gasteiger partial charge in [-0.05, 0) is 64.1 Å². The first-order chi connectivity index (χ1) is 17.1. The molecule has 9 nitrogen and oxygen atoms in total. The van der Waals surface area contributed by atoms with Crippen LogP contribution in [-0.4, -0.2) is 37.1 Å². The fraction of sp³-hybridized carbons (Fsp3) is 0.231. The largest absolute Gasteiger partial charge is 0.449 e. The van der Waals surface area contributed by atoms with Gasteiger partial charge in [-0.3, -0.25) is 14.3 Å². The van der Waals surface area contributed by atoms with Crippen LogP contribution in [0.15, 0.2) is 59.4 Å². The highest BCUT2D eigenvalue weighted by atomic mass is 35.5. The van der Waals surface area contributed by atoms with E-state index in [4.69, 9.17) is 16.3 Å². The zero-order valence-electron chi connectivity index (χ0n) is 20.6. The van der Waals surface area contributed by atoms with E-state index in [-0.39, 0.29) is 16.8 Å². The summed E-state index contributed by atoms with van der Waals surface area (Å²) in [5.74, 6) is -1.27. The normalized spacial score (nSPS) is 11.8. The second-order valence-corrected chi connectivity index (χ2v) is 8.79. The molecule has 0 spiro atoms. The van der Waals surface area contributed by atoms with E-state index in [0.717, 1.165) is 11.4 Å². The van der Waals surface area contributed by atoms with E-state index in [9.17, 15) is 14.4 Å². The number of esters is 1. The number of aromatic nitrogens is 4. The molecule has 0 aliphatic heterocycles. The van der Waals surface area contributed by atoms with Crippen LogP contribution in [0.2, 0.25) is 5.02 Å². The summed E-state index contributed by atoms with van der Waals surface area (Å²) in [7, 11) is 1.73. The first-order valence-electron chi connectivity index (χ1n) is 11.3. The minimum atomic E-state index is -1.13. The highest BCUT2D eigenvalue weighted by Crippen LogP contribution is 2.23. The van der Waals surface area contributed by atoms with Crippen LogP contribution in [0.25, 0.3) is 11.4 Å². The Morgan fingerprint density at radius 1 is 0.972 bits per heavy atom. The first kappa shape index (κ1) is 25.0. The number of benzene rings is 2.